The molecule has 1 amide bonds. The van der Waals surface area contributed by atoms with E-state index in [9.17, 15) is 4.79 Å². The molecule has 0 spiro atoms. The Bertz CT molecular complexity index is 1130. The van der Waals surface area contributed by atoms with Gasteiger partial charge in [-0.2, -0.15) is 4.98 Å². The van der Waals surface area contributed by atoms with Crippen LogP contribution < -0.4 is 5.32 Å². The van der Waals surface area contributed by atoms with Gasteiger partial charge in [-0.25, -0.2) is 4.98 Å². The van der Waals surface area contributed by atoms with Crippen molar-refractivity contribution in [3.05, 3.63) is 77.7 Å². The summed E-state index contributed by atoms with van der Waals surface area (Å²) in [7, 11) is 0. The second kappa shape index (κ2) is 8.10. The van der Waals surface area contributed by atoms with E-state index in [2.05, 4.69) is 20.4 Å². The lowest BCUT2D eigenvalue weighted by atomic mass is 10.1. The first-order valence-corrected chi connectivity index (χ1v) is 9.32. The summed E-state index contributed by atoms with van der Waals surface area (Å²) in [5.41, 5.74) is 4.75. The third-order valence-corrected chi connectivity index (χ3v) is 4.60. The molecule has 2 heterocycles. The van der Waals surface area contributed by atoms with Crippen molar-refractivity contribution >= 4 is 5.91 Å². The molecule has 0 saturated carbocycles. The molecular formula is C22H21N5O2. The van der Waals surface area contributed by atoms with Gasteiger partial charge in [0.15, 0.2) is 0 Å². The number of hydrogen-bond donors (Lipinski definition) is 1. The number of carbonyl (C=O) groups is 1. The van der Waals surface area contributed by atoms with E-state index in [0.717, 1.165) is 16.7 Å². The van der Waals surface area contributed by atoms with Crippen LogP contribution in [0.5, 0.6) is 0 Å². The summed E-state index contributed by atoms with van der Waals surface area (Å²) in [6.07, 6.45) is 3.32. The van der Waals surface area contributed by atoms with Gasteiger partial charge in [0.25, 0.3) is 5.89 Å². The number of benzene rings is 2. The molecule has 0 saturated heterocycles. The van der Waals surface area contributed by atoms with Gasteiger partial charge in [-0.15, -0.1) is 0 Å². The van der Waals surface area contributed by atoms with Crippen molar-refractivity contribution in [2.75, 3.05) is 0 Å². The first-order valence-electron chi connectivity index (χ1n) is 9.32. The quantitative estimate of drug-likeness (QED) is 0.547. The van der Waals surface area contributed by atoms with Gasteiger partial charge in [-0.05, 0) is 31.0 Å². The fourth-order valence-corrected chi connectivity index (χ4v) is 2.94. The molecular weight excluding hydrogens is 366 g/mol. The maximum absolute atomic E-state index is 12.2. The minimum absolute atomic E-state index is 0.0942. The van der Waals surface area contributed by atoms with Gasteiger partial charge < -0.3 is 14.4 Å². The Hall–Kier alpha value is -3.74. The van der Waals surface area contributed by atoms with Crippen molar-refractivity contribution in [3.63, 3.8) is 0 Å². The van der Waals surface area contributed by atoms with Crippen LogP contribution in [0.3, 0.4) is 0 Å². The maximum atomic E-state index is 12.2. The Morgan fingerprint density at radius 2 is 1.90 bits per heavy atom. The highest BCUT2D eigenvalue weighted by molar-refractivity contribution is 5.75. The molecule has 0 bridgehead atoms. The molecule has 7 nitrogen and oxygen atoms in total. The largest absolute Gasteiger partial charge is 0.350 e. The average Bonchev–Trinajstić information content (AvgIpc) is 3.37. The number of rotatable bonds is 6. The molecule has 146 valence electrons. The number of hydrogen-bond acceptors (Lipinski definition) is 5. The Kier molecular flexibility index (Phi) is 5.20. The molecule has 2 aromatic heterocycles. The van der Waals surface area contributed by atoms with E-state index in [-0.39, 0.29) is 12.5 Å². The predicted molar refractivity (Wildman–Crippen MR) is 109 cm³/mol. The van der Waals surface area contributed by atoms with E-state index < -0.39 is 0 Å². The van der Waals surface area contributed by atoms with Gasteiger partial charge in [0.2, 0.25) is 11.7 Å². The zero-order chi connectivity index (χ0) is 20.2. The van der Waals surface area contributed by atoms with Crippen molar-refractivity contribution in [2.45, 2.75) is 26.9 Å². The zero-order valence-electron chi connectivity index (χ0n) is 16.3. The van der Waals surface area contributed by atoms with Gasteiger partial charge >= 0.3 is 0 Å². The normalized spacial score (nSPS) is 10.8. The van der Waals surface area contributed by atoms with Crippen molar-refractivity contribution in [1.29, 1.82) is 0 Å². The highest BCUT2D eigenvalue weighted by atomic mass is 16.5. The van der Waals surface area contributed by atoms with E-state index in [1.165, 1.54) is 5.56 Å². The monoisotopic (exact) mass is 387 g/mol. The van der Waals surface area contributed by atoms with E-state index in [1.54, 1.807) is 17.1 Å². The van der Waals surface area contributed by atoms with Crippen molar-refractivity contribution in [2.24, 2.45) is 0 Å². The third-order valence-electron chi connectivity index (χ3n) is 4.60. The van der Waals surface area contributed by atoms with Crippen LogP contribution in [0.2, 0.25) is 0 Å². The van der Waals surface area contributed by atoms with E-state index in [4.69, 9.17) is 4.52 Å². The third kappa shape index (κ3) is 4.40. The van der Waals surface area contributed by atoms with E-state index in [1.807, 2.05) is 62.4 Å². The molecule has 4 rings (SSSR count). The summed E-state index contributed by atoms with van der Waals surface area (Å²) < 4.78 is 7.08. The smallest absolute Gasteiger partial charge is 0.258 e. The topological polar surface area (TPSA) is 85.8 Å². The first kappa shape index (κ1) is 18.6. The number of carbonyl (C=O) groups excluding carboxylic acids is 1. The summed E-state index contributed by atoms with van der Waals surface area (Å²) in [6.45, 7) is 4.68. The summed E-state index contributed by atoms with van der Waals surface area (Å²) >= 11 is 0. The van der Waals surface area contributed by atoms with Gasteiger partial charge in [0, 0.05) is 18.3 Å². The minimum atomic E-state index is -0.0942. The molecule has 0 fully saturated rings. The van der Waals surface area contributed by atoms with Crippen LogP contribution in [0.25, 0.3) is 23.0 Å². The van der Waals surface area contributed by atoms with Crippen LogP contribution in [0.15, 0.2) is 65.6 Å². The van der Waals surface area contributed by atoms with Gasteiger partial charge in [-0.1, -0.05) is 53.2 Å². The van der Waals surface area contributed by atoms with E-state index in [0.29, 0.717) is 24.0 Å². The highest BCUT2D eigenvalue weighted by Gasteiger charge is 2.14. The van der Waals surface area contributed by atoms with Crippen LogP contribution in [0, 0.1) is 13.8 Å². The minimum Gasteiger partial charge on any atom is -0.350 e. The fraction of sp³-hybridized carbons (Fsp3) is 0.182. The van der Waals surface area contributed by atoms with Crippen molar-refractivity contribution in [3.8, 4) is 23.0 Å². The van der Waals surface area contributed by atoms with E-state index >= 15 is 0 Å². The molecule has 0 radical (unpaired) electrons. The Balaban J connectivity index is 1.39. The van der Waals surface area contributed by atoms with Gasteiger partial charge in [0.05, 0.1) is 6.33 Å². The van der Waals surface area contributed by atoms with Gasteiger partial charge in [0.1, 0.15) is 12.2 Å². The number of imidazole rings is 1. The molecule has 0 unspecified atom stereocenters. The Labute approximate surface area is 168 Å². The molecule has 0 aliphatic rings. The van der Waals surface area contributed by atoms with Gasteiger partial charge in [-0.3, -0.25) is 4.79 Å². The predicted octanol–water partition coefficient (Wildman–Crippen LogP) is 3.53. The molecule has 0 atom stereocenters. The van der Waals surface area contributed by atoms with Crippen LogP contribution >= 0.6 is 0 Å². The number of aryl methyl sites for hydroxylation is 2. The summed E-state index contributed by atoms with van der Waals surface area (Å²) in [4.78, 5) is 20.9. The Morgan fingerprint density at radius 1 is 1.10 bits per heavy atom. The zero-order valence-corrected chi connectivity index (χ0v) is 16.3. The molecule has 4 aromatic rings. The number of amides is 1. The molecule has 0 aliphatic carbocycles. The lowest BCUT2D eigenvalue weighted by Crippen LogP contribution is -2.26. The average molecular weight is 387 g/mol. The SMILES string of the molecule is Cc1ccc(CNC(=O)Cn2cnc(-c3noc(-c4ccccc4C)n3)c2)cc1. The summed E-state index contributed by atoms with van der Waals surface area (Å²) in [5, 5.41) is 6.93. The number of aromatic nitrogens is 4. The van der Waals surface area contributed by atoms with Crippen LogP contribution in [0.1, 0.15) is 16.7 Å². The van der Waals surface area contributed by atoms with Crippen molar-refractivity contribution in [1.82, 2.24) is 25.0 Å². The lowest BCUT2D eigenvalue weighted by molar-refractivity contribution is -0.121. The Morgan fingerprint density at radius 3 is 2.69 bits per heavy atom. The molecule has 7 heteroatoms. The maximum Gasteiger partial charge on any atom is 0.258 e. The first-order chi connectivity index (χ1) is 14.1. The lowest BCUT2D eigenvalue weighted by Gasteiger charge is -2.06. The summed E-state index contributed by atoms with van der Waals surface area (Å²) in [6, 6.07) is 15.9. The number of nitrogens with zero attached hydrogens (tertiary/aromatic N) is 4. The second-order valence-corrected chi connectivity index (χ2v) is 6.93. The van der Waals surface area contributed by atoms with Crippen LogP contribution in [-0.4, -0.2) is 25.6 Å². The standard InChI is InChI=1S/C22H21N5O2/c1-15-7-9-17(10-8-15)11-23-20(28)13-27-12-19(24-14-27)21-25-22(29-26-21)18-6-4-3-5-16(18)2/h3-10,12,14H,11,13H2,1-2H3,(H,23,28). The molecule has 29 heavy (non-hydrogen) atoms. The number of nitrogens with one attached hydrogen (secondary N) is 1. The fourth-order valence-electron chi connectivity index (χ4n) is 2.94. The molecule has 1 N–H and O–H groups in total. The summed E-state index contributed by atoms with van der Waals surface area (Å²) in [5.74, 6) is 0.744. The molecule has 0 aliphatic heterocycles. The van der Waals surface area contributed by atoms with Crippen LogP contribution in [-0.2, 0) is 17.9 Å². The van der Waals surface area contributed by atoms with Crippen LogP contribution in [0.4, 0.5) is 0 Å². The van der Waals surface area contributed by atoms with Crippen molar-refractivity contribution < 1.29 is 9.32 Å². The highest BCUT2D eigenvalue weighted by Crippen LogP contribution is 2.23. The second-order valence-electron chi connectivity index (χ2n) is 6.93. The molecule has 2 aromatic carbocycles.